The van der Waals surface area contributed by atoms with Gasteiger partial charge >= 0.3 is 12.0 Å². The molecule has 2 rings (SSSR count). The van der Waals surface area contributed by atoms with Crippen molar-refractivity contribution >= 4 is 12.0 Å². The van der Waals surface area contributed by atoms with Crippen LogP contribution in [0.4, 0.5) is 4.79 Å². The van der Waals surface area contributed by atoms with Crippen LogP contribution in [0.5, 0.6) is 0 Å². The third kappa shape index (κ3) is 5.49. The van der Waals surface area contributed by atoms with Crippen molar-refractivity contribution in [2.24, 2.45) is 5.92 Å². The number of nitrogens with one attached hydrogen (secondary N) is 1. The summed E-state index contributed by atoms with van der Waals surface area (Å²) in [5.41, 5.74) is 0. The van der Waals surface area contributed by atoms with Crippen LogP contribution < -0.4 is 5.32 Å². The minimum Gasteiger partial charge on any atom is -0.481 e. The molecule has 2 fully saturated rings. The minimum absolute atomic E-state index is 0.0765. The fourth-order valence-corrected chi connectivity index (χ4v) is 2.24. The molecule has 0 unspecified atom stereocenters. The molecule has 5 heteroatoms. The third-order valence-corrected chi connectivity index (χ3v) is 3.74. The maximum Gasteiger partial charge on any atom is 0.317 e. The highest BCUT2D eigenvalue weighted by molar-refractivity contribution is 5.74. The van der Waals surface area contributed by atoms with Crippen molar-refractivity contribution in [2.75, 3.05) is 13.1 Å². The van der Waals surface area contributed by atoms with E-state index in [9.17, 15) is 9.59 Å². The minimum atomic E-state index is -0.742. The van der Waals surface area contributed by atoms with Gasteiger partial charge in [-0.05, 0) is 44.4 Å². The molecule has 0 aromatic heterocycles. The summed E-state index contributed by atoms with van der Waals surface area (Å²) in [7, 11) is 0. The van der Waals surface area contributed by atoms with Crippen molar-refractivity contribution in [2.45, 2.75) is 57.4 Å². The summed E-state index contributed by atoms with van der Waals surface area (Å²) in [5, 5.41) is 11.5. The monoisotopic (exact) mass is 268 g/mol. The van der Waals surface area contributed by atoms with Gasteiger partial charge < -0.3 is 15.3 Å². The van der Waals surface area contributed by atoms with Crippen molar-refractivity contribution in [3.63, 3.8) is 0 Å². The average molecular weight is 268 g/mol. The zero-order valence-electron chi connectivity index (χ0n) is 11.4. The molecular formula is C14H24N2O3. The van der Waals surface area contributed by atoms with E-state index >= 15 is 0 Å². The zero-order valence-corrected chi connectivity index (χ0v) is 11.4. The van der Waals surface area contributed by atoms with Gasteiger partial charge in [-0.3, -0.25) is 4.79 Å². The predicted molar refractivity (Wildman–Crippen MR) is 72.0 cm³/mol. The van der Waals surface area contributed by atoms with E-state index in [0.29, 0.717) is 19.0 Å². The Bertz CT molecular complexity index is 325. The number of urea groups is 1. The Labute approximate surface area is 114 Å². The third-order valence-electron chi connectivity index (χ3n) is 3.74. The largest absolute Gasteiger partial charge is 0.481 e. The van der Waals surface area contributed by atoms with Crippen molar-refractivity contribution in [3.8, 4) is 0 Å². The van der Waals surface area contributed by atoms with E-state index in [4.69, 9.17) is 5.11 Å². The SMILES string of the molecule is O=C(O)CCCCCNC(=O)N(CC1CC1)C1CC1. The van der Waals surface area contributed by atoms with Gasteiger partial charge in [-0.15, -0.1) is 0 Å². The van der Waals surface area contributed by atoms with Gasteiger partial charge in [0.05, 0.1) is 0 Å². The number of hydrogen-bond donors (Lipinski definition) is 2. The van der Waals surface area contributed by atoms with Crippen molar-refractivity contribution < 1.29 is 14.7 Å². The molecule has 5 nitrogen and oxygen atoms in total. The highest BCUT2D eigenvalue weighted by Gasteiger charge is 2.36. The van der Waals surface area contributed by atoms with E-state index in [-0.39, 0.29) is 12.5 Å². The van der Waals surface area contributed by atoms with Crippen LogP contribution in [0.15, 0.2) is 0 Å². The lowest BCUT2D eigenvalue weighted by Crippen LogP contribution is -2.42. The molecule has 2 saturated carbocycles. The second kappa shape index (κ2) is 6.78. The molecule has 2 amide bonds. The van der Waals surface area contributed by atoms with Gasteiger partial charge in [0.1, 0.15) is 0 Å². The number of aliphatic carboxylic acids is 1. The normalized spacial score (nSPS) is 18.1. The van der Waals surface area contributed by atoms with Gasteiger partial charge in [0.25, 0.3) is 0 Å². The van der Waals surface area contributed by atoms with Crippen LogP contribution in [0.3, 0.4) is 0 Å². The number of carbonyl (C=O) groups excluding carboxylic acids is 1. The number of nitrogens with zero attached hydrogens (tertiary/aromatic N) is 1. The number of amides is 2. The summed E-state index contributed by atoms with van der Waals surface area (Å²) in [6.07, 6.45) is 7.48. The molecule has 0 aromatic rings. The molecule has 0 atom stereocenters. The first-order chi connectivity index (χ1) is 9.16. The molecule has 108 valence electrons. The fraction of sp³-hybridized carbons (Fsp3) is 0.857. The Morgan fingerprint density at radius 3 is 2.42 bits per heavy atom. The van der Waals surface area contributed by atoms with Crippen molar-refractivity contribution in [3.05, 3.63) is 0 Å². The van der Waals surface area contributed by atoms with Crippen LogP contribution >= 0.6 is 0 Å². The second-order valence-electron chi connectivity index (χ2n) is 5.76. The smallest absolute Gasteiger partial charge is 0.317 e. The second-order valence-corrected chi connectivity index (χ2v) is 5.76. The van der Waals surface area contributed by atoms with Gasteiger partial charge in [-0.2, -0.15) is 0 Å². The highest BCUT2D eigenvalue weighted by atomic mass is 16.4. The van der Waals surface area contributed by atoms with Crippen molar-refractivity contribution in [1.82, 2.24) is 10.2 Å². The van der Waals surface area contributed by atoms with E-state index in [2.05, 4.69) is 5.32 Å². The van der Waals surface area contributed by atoms with E-state index in [1.165, 1.54) is 12.8 Å². The molecule has 0 saturated heterocycles. The summed E-state index contributed by atoms with van der Waals surface area (Å²) >= 11 is 0. The molecule has 0 heterocycles. The molecule has 0 radical (unpaired) electrons. The summed E-state index contributed by atoms with van der Waals surface area (Å²) in [6.45, 7) is 1.59. The lowest BCUT2D eigenvalue weighted by atomic mass is 10.2. The number of carbonyl (C=O) groups is 2. The predicted octanol–water partition coefficient (Wildman–Crippen LogP) is 2.22. The molecule has 19 heavy (non-hydrogen) atoms. The Morgan fingerprint density at radius 1 is 1.11 bits per heavy atom. The Morgan fingerprint density at radius 2 is 1.84 bits per heavy atom. The summed E-state index contributed by atoms with van der Waals surface area (Å²) < 4.78 is 0. The van der Waals surface area contributed by atoms with E-state index in [0.717, 1.165) is 38.1 Å². The Kier molecular flexibility index (Phi) is 5.05. The molecule has 0 bridgehead atoms. The first kappa shape index (κ1) is 14.2. The van der Waals surface area contributed by atoms with Crippen LogP contribution in [0.25, 0.3) is 0 Å². The number of hydrogen-bond acceptors (Lipinski definition) is 2. The number of rotatable bonds is 9. The average Bonchev–Trinajstić information content (AvgIpc) is 3.23. The first-order valence-electron chi connectivity index (χ1n) is 7.43. The van der Waals surface area contributed by atoms with Gasteiger partial charge in [0.2, 0.25) is 0 Å². The van der Waals surface area contributed by atoms with E-state index in [1.54, 1.807) is 0 Å². The summed E-state index contributed by atoms with van der Waals surface area (Å²) in [6, 6.07) is 0.556. The summed E-state index contributed by atoms with van der Waals surface area (Å²) in [5.74, 6) is -0.00436. The lowest BCUT2D eigenvalue weighted by molar-refractivity contribution is -0.137. The molecule has 2 N–H and O–H groups in total. The first-order valence-corrected chi connectivity index (χ1v) is 7.43. The van der Waals surface area contributed by atoms with Gasteiger partial charge in [0.15, 0.2) is 0 Å². The molecule has 0 spiro atoms. The maximum absolute atomic E-state index is 12.0. The molecule has 2 aliphatic carbocycles. The standard InChI is InChI=1S/C14H24N2O3/c17-13(18)4-2-1-3-9-15-14(19)16(12-7-8-12)10-11-5-6-11/h11-12H,1-10H2,(H,15,19)(H,17,18). The fourth-order valence-electron chi connectivity index (χ4n) is 2.24. The number of unbranched alkanes of at least 4 members (excludes halogenated alkanes) is 2. The summed E-state index contributed by atoms with van der Waals surface area (Å²) in [4.78, 5) is 24.4. The quantitative estimate of drug-likeness (QED) is 0.630. The van der Waals surface area contributed by atoms with Gasteiger partial charge in [-0.25, -0.2) is 4.79 Å². The van der Waals surface area contributed by atoms with Crippen LogP contribution in [0, 0.1) is 5.92 Å². The topological polar surface area (TPSA) is 69.6 Å². The highest BCUT2D eigenvalue weighted by Crippen LogP contribution is 2.34. The maximum atomic E-state index is 12.0. The van der Waals surface area contributed by atoms with Crippen LogP contribution in [-0.4, -0.2) is 41.1 Å². The van der Waals surface area contributed by atoms with E-state index < -0.39 is 5.97 Å². The molecule has 0 aromatic carbocycles. The zero-order chi connectivity index (χ0) is 13.7. The number of carboxylic acid groups (broad SMARTS) is 1. The number of carboxylic acids is 1. The molecule has 2 aliphatic rings. The molecular weight excluding hydrogens is 244 g/mol. The molecule has 0 aliphatic heterocycles. The van der Waals surface area contributed by atoms with Crippen LogP contribution in [0.2, 0.25) is 0 Å². The van der Waals surface area contributed by atoms with Crippen LogP contribution in [0.1, 0.15) is 51.4 Å². The van der Waals surface area contributed by atoms with E-state index in [1.807, 2.05) is 4.90 Å². The Balaban J connectivity index is 1.55. The lowest BCUT2D eigenvalue weighted by Gasteiger charge is -2.22. The van der Waals surface area contributed by atoms with Gasteiger partial charge in [-0.1, -0.05) is 6.42 Å². The van der Waals surface area contributed by atoms with Gasteiger partial charge in [0, 0.05) is 25.6 Å². The van der Waals surface area contributed by atoms with Crippen LogP contribution in [-0.2, 0) is 4.79 Å². The van der Waals surface area contributed by atoms with Crippen molar-refractivity contribution in [1.29, 1.82) is 0 Å². The Hall–Kier alpha value is -1.26.